The Morgan fingerprint density at radius 2 is 2.04 bits per heavy atom. The molecule has 3 atom stereocenters. The Morgan fingerprint density at radius 1 is 1.31 bits per heavy atom. The summed E-state index contributed by atoms with van der Waals surface area (Å²) in [6.07, 6.45) is 1.21. The molecule has 1 aliphatic heterocycles. The van der Waals surface area contributed by atoms with E-state index in [1.807, 2.05) is 13.0 Å². The molecule has 4 rings (SSSR count). The maximum atomic E-state index is 14.0. The number of thiazole rings is 1. The summed E-state index contributed by atoms with van der Waals surface area (Å²) in [5.74, 6) is 1.69. The number of piperidine rings is 1. The molecule has 3 aromatic rings. The van der Waals surface area contributed by atoms with E-state index < -0.39 is 0 Å². The Morgan fingerprint density at radius 3 is 2.69 bits per heavy atom. The van der Waals surface area contributed by atoms with Crippen molar-refractivity contribution in [1.82, 2.24) is 14.6 Å². The molecule has 2 N–H and O–H groups in total. The number of nitrogens with zero attached hydrogens (tertiary/aromatic N) is 3. The third-order valence-corrected chi connectivity index (χ3v) is 6.27. The summed E-state index contributed by atoms with van der Waals surface area (Å²) in [5.41, 5.74) is 0.887. The number of aryl methyl sites for hydroxylation is 1. The van der Waals surface area contributed by atoms with Gasteiger partial charge in [-0.25, -0.2) is 9.37 Å². The summed E-state index contributed by atoms with van der Waals surface area (Å²) < 4.78 is 15.5. The number of rotatable bonds is 3. The zero-order valence-electron chi connectivity index (χ0n) is 15.2. The molecular weight excluding hydrogens is 351 g/mol. The van der Waals surface area contributed by atoms with Crippen molar-refractivity contribution in [2.45, 2.75) is 33.2 Å². The van der Waals surface area contributed by atoms with Gasteiger partial charge in [-0.05, 0) is 25.5 Å². The lowest BCUT2D eigenvalue weighted by atomic mass is 9.89. The first-order chi connectivity index (χ1) is 12.4. The summed E-state index contributed by atoms with van der Waals surface area (Å²) in [4.78, 5) is 7.23. The van der Waals surface area contributed by atoms with E-state index in [9.17, 15) is 9.50 Å². The van der Waals surface area contributed by atoms with Crippen LogP contribution in [0.2, 0.25) is 0 Å². The number of benzene rings is 1. The lowest BCUT2D eigenvalue weighted by Crippen LogP contribution is -3.14. The van der Waals surface area contributed by atoms with Crippen LogP contribution < -0.4 is 4.90 Å². The Bertz CT molecular complexity index is 927. The van der Waals surface area contributed by atoms with Gasteiger partial charge in [0.2, 0.25) is 10.8 Å². The molecule has 1 saturated heterocycles. The van der Waals surface area contributed by atoms with Crippen LogP contribution in [-0.2, 0) is 0 Å². The van der Waals surface area contributed by atoms with E-state index in [2.05, 4.69) is 23.9 Å². The highest BCUT2D eigenvalue weighted by Crippen LogP contribution is 2.35. The van der Waals surface area contributed by atoms with Gasteiger partial charge in [0.05, 0.1) is 13.1 Å². The number of hydrogen-bond acceptors (Lipinski definition) is 4. The van der Waals surface area contributed by atoms with E-state index in [-0.39, 0.29) is 17.7 Å². The first kappa shape index (κ1) is 17.4. The minimum Gasteiger partial charge on any atom is -0.492 e. The molecule has 0 saturated carbocycles. The zero-order valence-corrected chi connectivity index (χ0v) is 16.1. The summed E-state index contributed by atoms with van der Waals surface area (Å²) in [6.45, 7) is 8.34. The van der Waals surface area contributed by atoms with Crippen molar-refractivity contribution >= 4 is 16.3 Å². The standard InChI is InChI=1S/C19H23FN4OS/c1-11-7-12(2)10-23(9-11)16(14-5-4-6-15(20)8-14)17-18(25)24-19(26-17)21-13(3)22-24/h4-6,8,11-12,16,25H,7,9-10H2,1-3H3/p+1/t11-,12-,16-/m0/s1. The molecule has 2 aromatic heterocycles. The topological polar surface area (TPSA) is 54.9 Å². The largest absolute Gasteiger partial charge is 0.492 e. The summed E-state index contributed by atoms with van der Waals surface area (Å²) in [5, 5.41) is 15.1. The molecule has 0 bridgehead atoms. The number of likely N-dealkylation sites (tertiary alicyclic amines) is 1. The van der Waals surface area contributed by atoms with Gasteiger partial charge in [0.15, 0.2) is 6.04 Å². The molecule has 138 valence electrons. The van der Waals surface area contributed by atoms with Gasteiger partial charge < -0.3 is 10.0 Å². The summed E-state index contributed by atoms with van der Waals surface area (Å²) in [6, 6.07) is 6.62. The van der Waals surface area contributed by atoms with Gasteiger partial charge in [-0.3, -0.25) is 0 Å². The Kier molecular flexibility index (Phi) is 4.44. The number of hydrogen-bond donors (Lipinski definition) is 2. The van der Waals surface area contributed by atoms with Gasteiger partial charge in [-0.15, -0.1) is 5.10 Å². The molecule has 7 heteroatoms. The second-order valence-electron chi connectivity index (χ2n) is 7.64. The molecular formula is C19H24FN4OS+. The molecule has 3 heterocycles. The molecule has 0 amide bonds. The lowest BCUT2D eigenvalue weighted by Gasteiger charge is -2.37. The van der Waals surface area contributed by atoms with Crippen molar-refractivity contribution < 1.29 is 14.4 Å². The van der Waals surface area contributed by atoms with E-state index in [4.69, 9.17) is 0 Å². The second-order valence-corrected chi connectivity index (χ2v) is 8.65. The summed E-state index contributed by atoms with van der Waals surface area (Å²) in [7, 11) is 0. The molecule has 0 unspecified atom stereocenters. The second kappa shape index (κ2) is 6.63. The van der Waals surface area contributed by atoms with E-state index in [1.54, 1.807) is 12.1 Å². The van der Waals surface area contributed by atoms with Crippen LogP contribution in [0.3, 0.4) is 0 Å². The van der Waals surface area contributed by atoms with Crippen molar-refractivity contribution in [2.75, 3.05) is 13.1 Å². The highest BCUT2D eigenvalue weighted by atomic mass is 32.1. The van der Waals surface area contributed by atoms with Crippen LogP contribution in [0.25, 0.3) is 4.96 Å². The molecule has 1 aliphatic rings. The van der Waals surface area contributed by atoms with Crippen molar-refractivity contribution in [3.63, 3.8) is 0 Å². The van der Waals surface area contributed by atoms with E-state index in [0.717, 1.165) is 23.5 Å². The molecule has 1 aromatic carbocycles. The molecule has 0 aliphatic carbocycles. The van der Waals surface area contributed by atoms with Gasteiger partial charge >= 0.3 is 0 Å². The average molecular weight is 375 g/mol. The van der Waals surface area contributed by atoms with Crippen molar-refractivity contribution in [1.29, 1.82) is 0 Å². The monoisotopic (exact) mass is 375 g/mol. The van der Waals surface area contributed by atoms with Crippen LogP contribution in [0.1, 0.15) is 42.6 Å². The fourth-order valence-corrected chi connectivity index (χ4v) is 5.55. The Labute approximate surface area is 156 Å². The lowest BCUT2D eigenvalue weighted by molar-refractivity contribution is -0.936. The van der Waals surface area contributed by atoms with E-state index >= 15 is 0 Å². The quantitative estimate of drug-likeness (QED) is 0.740. The van der Waals surface area contributed by atoms with Crippen LogP contribution >= 0.6 is 11.3 Å². The smallest absolute Gasteiger partial charge is 0.235 e. The third kappa shape index (κ3) is 3.10. The van der Waals surface area contributed by atoms with Crippen LogP contribution in [-0.4, -0.2) is 32.8 Å². The van der Waals surface area contributed by atoms with Crippen LogP contribution in [0.5, 0.6) is 5.88 Å². The van der Waals surface area contributed by atoms with Crippen molar-refractivity contribution in [2.24, 2.45) is 11.8 Å². The predicted octanol–water partition coefficient (Wildman–Crippen LogP) is 2.59. The van der Waals surface area contributed by atoms with Gasteiger partial charge in [-0.2, -0.15) is 4.52 Å². The predicted molar refractivity (Wildman–Crippen MR) is 99.2 cm³/mol. The van der Waals surface area contributed by atoms with Crippen LogP contribution in [0, 0.1) is 24.6 Å². The number of halogens is 1. The average Bonchev–Trinajstić information content (AvgIpc) is 3.05. The Balaban J connectivity index is 1.84. The van der Waals surface area contributed by atoms with Gasteiger partial charge in [0.1, 0.15) is 16.5 Å². The normalized spacial score (nSPS) is 24.8. The highest BCUT2D eigenvalue weighted by molar-refractivity contribution is 7.17. The van der Waals surface area contributed by atoms with Crippen molar-refractivity contribution in [3.8, 4) is 5.88 Å². The number of fused-ring (bicyclic) bond motifs is 1. The van der Waals surface area contributed by atoms with Crippen LogP contribution in [0.4, 0.5) is 4.39 Å². The van der Waals surface area contributed by atoms with Crippen molar-refractivity contribution in [3.05, 3.63) is 46.3 Å². The van der Waals surface area contributed by atoms with Crippen LogP contribution in [0.15, 0.2) is 24.3 Å². The minimum absolute atomic E-state index is 0.121. The first-order valence-corrected chi connectivity index (χ1v) is 9.89. The number of aromatic hydroxyl groups is 1. The van der Waals surface area contributed by atoms with Gasteiger partial charge in [0, 0.05) is 17.4 Å². The SMILES string of the molecule is Cc1nc2sc([C@H](c3cccc(F)c3)[NH+]3C[C@@H](C)C[C@H](C)C3)c(O)n2n1. The maximum Gasteiger partial charge on any atom is 0.235 e. The fraction of sp³-hybridized carbons (Fsp3) is 0.474. The number of aromatic nitrogens is 3. The molecule has 26 heavy (non-hydrogen) atoms. The van der Waals surface area contributed by atoms with Gasteiger partial charge in [0.25, 0.3) is 0 Å². The molecule has 0 spiro atoms. The summed E-state index contributed by atoms with van der Waals surface area (Å²) >= 11 is 1.45. The Hall–Kier alpha value is -1.99. The van der Waals surface area contributed by atoms with Gasteiger partial charge in [-0.1, -0.05) is 37.3 Å². The van der Waals surface area contributed by atoms with E-state index in [1.165, 1.54) is 33.2 Å². The number of quaternary nitrogens is 1. The van der Waals surface area contributed by atoms with E-state index in [0.29, 0.717) is 22.6 Å². The molecule has 0 radical (unpaired) electrons. The zero-order chi connectivity index (χ0) is 18.4. The molecule has 1 fully saturated rings. The highest BCUT2D eigenvalue weighted by Gasteiger charge is 2.37. The first-order valence-electron chi connectivity index (χ1n) is 9.07. The fourth-order valence-electron chi connectivity index (χ4n) is 4.36. The maximum absolute atomic E-state index is 14.0. The third-order valence-electron chi connectivity index (χ3n) is 5.18. The minimum atomic E-state index is -0.250. The molecule has 5 nitrogen and oxygen atoms in total. The number of nitrogens with one attached hydrogen (secondary N) is 1.